The lowest BCUT2D eigenvalue weighted by atomic mass is 9.91. The van der Waals surface area contributed by atoms with Gasteiger partial charge in [-0.05, 0) is 61.8 Å². The molecule has 2 rings (SSSR count). The van der Waals surface area contributed by atoms with Crippen LogP contribution in [0, 0.1) is 0 Å². The Hall–Kier alpha value is -0.160. The van der Waals surface area contributed by atoms with Gasteiger partial charge in [0.15, 0.2) is 0 Å². The van der Waals surface area contributed by atoms with Crippen LogP contribution in [0.2, 0.25) is 0 Å². The first-order chi connectivity index (χ1) is 10.5. The van der Waals surface area contributed by atoms with Crippen LogP contribution in [-0.2, 0) is 9.47 Å². The summed E-state index contributed by atoms with van der Waals surface area (Å²) in [6.45, 7) is 22.3. The van der Waals surface area contributed by atoms with Gasteiger partial charge in [-0.15, -0.1) is 0 Å². The average molecular weight is 327 g/mol. The normalized spacial score (nSPS) is 35.5. The van der Waals surface area contributed by atoms with Gasteiger partial charge in [0.25, 0.3) is 0 Å². The highest BCUT2D eigenvalue weighted by molar-refractivity contribution is 4.92. The minimum Gasteiger partial charge on any atom is -0.373 e. The van der Waals surface area contributed by atoms with Gasteiger partial charge in [0.1, 0.15) is 0 Å². The molecular weight excluding hydrogens is 288 g/mol. The third kappa shape index (κ3) is 5.15. The number of hydrogen-bond acceptors (Lipinski definition) is 4. The predicted octanol–water partition coefficient (Wildman–Crippen LogP) is 3.15. The van der Waals surface area contributed by atoms with Crippen LogP contribution in [0.1, 0.15) is 61.8 Å². The van der Waals surface area contributed by atoms with Crippen molar-refractivity contribution >= 4 is 0 Å². The summed E-state index contributed by atoms with van der Waals surface area (Å²) in [5, 5.41) is 0. The molecule has 0 aromatic carbocycles. The highest BCUT2D eigenvalue weighted by Crippen LogP contribution is 2.30. The van der Waals surface area contributed by atoms with E-state index in [1.54, 1.807) is 0 Å². The van der Waals surface area contributed by atoms with Gasteiger partial charge in [0, 0.05) is 37.3 Å². The molecule has 0 aliphatic carbocycles. The van der Waals surface area contributed by atoms with E-state index in [0.29, 0.717) is 24.4 Å². The molecule has 0 aromatic rings. The minimum atomic E-state index is 0.136. The van der Waals surface area contributed by atoms with Gasteiger partial charge in [-0.3, -0.25) is 9.80 Å². The van der Waals surface area contributed by atoms with Gasteiger partial charge in [0.05, 0.1) is 24.4 Å². The zero-order chi connectivity index (χ0) is 17.4. The molecule has 0 amide bonds. The van der Waals surface area contributed by atoms with E-state index in [2.05, 4.69) is 65.2 Å². The SMILES string of the molecule is C[C@@H]1CN(C(C)(C)C)CC(CC(C)(C)N2C[C@@H](C)O[C@@H](C)C2)O1. The quantitative estimate of drug-likeness (QED) is 0.795. The van der Waals surface area contributed by atoms with Crippen LogP contribution in [0.15, 0.2) is 0 Å². The second kappa shape index (κ2) is 6.99. The van der Waals surface area contributed by atoms with E-state index < -0.39 is 0 Å². The molecule has 23 heavy (non-hydrogen) atoms. The molecule has 0 N–H and O–H groups in total. The molecule has 1 unspecified atom stereocenters. The summed E-state index contributed by atoms with van der Waals surface area (Å²) in [4.78, 5) is 5.17. The fraction of sp³-hybridized carbons (Fsp3) is 1.00. The lowest BCUT2D eigenvalue weighted by molar-refractivity contribution is -0.134. The molecular formula is C19H38N2O2. The molecule has 4 atom stereocenters. The number of rotatable bonds is 3. The van der Waals surface area contributed by atoms with Crippen molar-refractivity contribution in [2.24, 2.45) is 0 Å². The minimum absolute atomic E-state index is 0.136. The number of ether oxygens (including phenoxy) is 2. The Bertz CT molecular complexity index is 381. The van der Waals surface area contributed by atoms with E-state index in [4.69, 9.17) is 9.47 Å². The fourth-order valence-electron chi connectivity index (χ4n) is 4.06. The van der Waals surface area contributed by atoms with Crippen molar-refractivity contribution in [3.8, 4) is 0 Å². The molecule has 0 radical (unpaired) electrons. The van der Waals surface area contributed by atoms with E-state index in [0.717, 1.165) is 32.6 Å². The standard InChI is InChI=1S/C19H38N2O2/c1-14-11-21(12-15(2)22-14)19(7,8)9-17-13-20(18(4,5)6)10-16(3)23-17/h14-17H,9-13H2,1-8H3/t14-,15+,16-,17?/m1/s1. The summed E-state index contributed by atoms with van der Waals surface area (Å²) in [5.74, 6) is 0. The van der Waals surface area contributed by atoms with Crippen LogP contribution in [0.3, 0.4) is 0 Å². The average Bonchev–Trinajstić information content (AvgIpc) is 2.35. The molecule has 4 nitrogen and oxygen atoms in total. The van der Waals surface area contributed by atoms with Crippen LogP contribution >= 0.6 is 0 Å². The summed E-state index contributed by atoms with van der Waals surface area (Å²) < 4.78 is 12.2. The number of hydrogen-bond donors (Lipinski definition) is 0. The molecule has 2 saturated heterocycles. The highest BCUT2D eigenvalue weighted by Gasteiger charge is 2.38. The fourth-order valence-corrected chi connectivity index (χ4v) is 4.06. The predicted molar refractivity (Wildman–Crippen MR) is 95.9 cm³/mol. The Morgan fingerprint density at radius 3 is 1.74 bits per heavy atom. The van der Waals surface area contributed by atoms with Gasteiger partial charge < -0.3 is 9.47 Å². The smallest absolute Gasteiger partial charge is 0.0723 e. The zero-order valence-corrected chi connectivity index (χ0v) is 16.6. The van der Waals surface area contributed by atoms with Crippen LogP contribution in [-0.4, -0.2) is 71.5 Å². The van der Waals surface area contributed by atoms with Crippen molar-refractivity contribution in [2.75, 3.05) is 26.2 Å². The topological polar surface area (TPSA) is 24.9 Å². The first kappa shape index (κ1) is 19.2. The molecule has 0 bridgehead atoms. The van der Waals surface area contributed by atoms with Crippen molar-refractivity contribution in [2.45, 2.75) is 97.3 Å². The second-order valence-electron chi connectivity index (χ2n) is 9.32. The van der Waals surface area contributed by atoms with Crippen LogP contribution in [0.5, 0.6) is 0 Å². The van der Waals surface area contributed by atoms with Gasteiger partial charge in [-0.25, -0.2) is 0 Å². The van der Waals surface area contributed by atoms with Gasteiger partial charge in [-0.1, -0.05) is 0 Å². The molecule has 2 aliphatic heterocycles. The van der Waals surface area contributed by atoms with E-state index in [-0.39, 0.29) is 11.1 Å². The molecule has 2 heterocycles. The first-order valence-corrected chi connectivity index (χ1v) is 9.28. The van der Waals surface area contributed by atoms with Crippen LogP contribution in [0.25, 0.3) is 0 Å². The Kier molecular flexibility index (Phi) is 5.82. The molecule has 2 aliphatic rings. The lowest BCUT2D eigenvalue weighted by Gasteiger charge is -2.49. The summed E-state index contributed by atoms with van der Waals surface area (Å²) in [5.41, 5.74) is 0.347. The van der Waals surface area contributed by atoms with Crippen LogP contribution in [0.4, 0.5) is 0 Å². The maximum atomic E-state index is 6.29. The van der Waals surface area contributed by atoms with E-state index in [1.165, 1.54) is 0 Å². The van der Waals surface area contributed by atoms with Crippen LogP contribution < -0.4 is 0 Å². The second-order valence-corrected chi connectivity index (χ2v) is 9.32. The summed E-state index contributed by atoms with van der Waals surface area (Å²) >= 11 is 0. The van der Waals surface area contributed by atoms with Crippen molar-refractivity contribution in [3.63, 3.8) is 0 Å². The lowest BCUT2D eigenvalue weighted by Crippen LogP contribution is -2.59. The van der Waals surface area contributed by atoms with E-state index >= 15 is 0 Å². The van der Waals surface area contributed by atoms with Crippen molar-refractivity contribution in [1.29, 1.82) is 0 Å². The molecule has 0 aromatic heterocycles. The van der Waals surface area contributed by atoms with Gasteiger partial charge in [-0.2, -0.15) is 0 Å². The summed E-state index contributed by atoms with van der Waals surface area (Å²) in [7, 11) is 0. The Balaban J connectivity index is 2.01. The van der Waals surface area contributed by atoms with Gasteiger partial charge >= 0.3 is 0 Å². The Morgan fingerprint density at radius 1 is 0.739 bits per heavy atom. The molecule has 0 saturated carbocycles. The van der Waals surface area contributed by atoms with Gasteiger partial charge in [0.2, 0.25) is 0 Å². The highest BCUT2D eigenvalue weighted by atomic mass is 16.5. The molecule has 4 heteroatoms. The largest absolute Gasteiger partial charge is 0.373 e. The first-order valence-electron chi connectivity index (χ1n) is 9.28. The maximum absolute atomic E-state index is 6.29. The van der Waals surface area contributed by atoms with E-state index in [9.17, 15) is 0 Å². The molecule has 2 fully saturated rings. The maximum Gasteiger partial charge on any atom is 0.0723 e. The number of morpholine rings is 2. The summed E-state index contributed by atoms with van der Waals surface area (Å²) in [6.07, 6.45) is 2.32. The zero-order valence-electron chi connectivity index (χ0n) is 16.6. The summed E-state index contributed by atoms with van der Waals surface area (Å²) in [6, 6.07) is 0. The van der Waals surface area contributed by atoms with Crippen molar-refractivity contribution in [3.05, 3.63) is 0 Å². The number of nitrogens with zero attached hydrogens (tertiary/aromatic N) is 2. The Labute approximate surface area is 143 Å². The molecule has 136 valence electrons. The Morgan fingerprint density at radius 2 is 1.22 bits per heavy atom. The monoisotopic (exact) mass is 326 g/mol. The van der Waals surface area contributed by atoms with Crippen molar-refractivity contribution in [1.82, 2.24) is 9.80 Å². The third-order valence-corrected chi connectivity index (χ3v) is 5.28. The molecule has 0 spiro atoms. The van der Waals surface area contributed by atoms with E-state index in [1.807, 2.05) is 0 Å². The van der Waals surface area contributed by atoms with Crippen molar-refractivity contribution < 1.29 is 9.47 Å². The third-order valence-electron chi connectivity index (χ3n) is 5.28.